The van der Waals surface area contributed by atoms with Crippen molar-refractivity contribution in [2.75, 3.05) is 0 Å². The summed E-state index contributed by atoms with van der Waals surface area (Å²) in [7, 11) is 0. The van der Waals surface area contributed by atoms with Crippen LogP contribution in [0.4, 0.5) is 0 Å². The van der Waals surface area contributed by atoms with E-state index in [-0.39, 0.29) is 0 Å². The molecule has 0 atom stereocenters. The average molecular weight is 360 g/mol. The summed E-state index contributed by atoms with van der Waals surface area (Å²) in [6.07, 6.45) is 0. The number of fused-ring (bicyclic) bond motifs is 5. The van der Waals surface area contributed by atoms with Gasteiger partial charge in [0.05, 0.1) is 22.4 Å². The van der Waals surface area contributed by atoms with Crippen LogP contribution in [0.25, 0.3) is 55.0 Å². The summed E-state index contributed by atoms with van der Waals surface area (Å²) < 4.78 is 6.21. The second-order valence-corrected chi connectivity index (χ2v) is 7.13. The van der Waals surface area contributed by atoms with Gasteiger partial charge in [0.2, 0.25) is 0 Å². The SMILES string of the molecule is Cc1nc2cc3ccccc3cc2nc1-c1cccc2c1oc1ccccc12. The van der Waals surface area contributed by atoms with Crippen LogP contribution in [0.1, 0.15) is 5.69 Å². The first-order valence-corrected chi connectivity index (χ1v) is 9.36. The fraction of sp³-hybridized carbons (Fsp3) is 0.0400. The van der Waals surface area contributed by atoms with Crippen LogP contribution < -0.4 is 0 Å². The van der Waals surface area contributed by atoms with Gasteiger partial charge in [-0.3, -0.25) is 0 Å². The summed E-state index contributed by atoms with van der Waals surface area (Å²) in [4.78, 5) is 9.85. The van der Waals surface area contributed by atoms with Crippen LogP contribution in [0.15, 0.2) is 83.3 Å². The molecule has 6 rings (SSSR count). The number of hydrogen-bond donors (Lipinski definition) is 0. The van der Waals surface area contributed by atoms with Gasteiger partial charge >= 0.3 is 0 Å². The molecule has 0 aliphatic carbocycles. The number of aromatic nitrogens is 2. The van der Waals surface area contributed by atoms with E-state index < -0.39 is 0 Å². The Kier molecular flexibility index (Phi) is 3.09. The van der Waals surface area contributed by atoms with E-state index in [0.717, 1.165) is 49.9 Å². The first-order chi connectivity index (χ1) is 13.8. The summed E-state index contributed by atoms with van der Waals surface area (Å²) in [5.74, 6) is 0. The van der Waals surface area contributed by atoms with Gasteiger partial charge in [0.15, 0.2) is 0 Å². The highest BCUT2D eigenvalue weighted by Gasteiger charge is 2.16. The van der Waals surface area contributed by atoms with E-state index in [1.54, 1.807) is 0 Å². The van der Waals surface area contributed by atoms with Crippen molar-refractivity contribution < 1.29 is 4.42 Å². The molecule has 0 aliphatic heterocycles. The van der Waals surface area contributed by atoms with Crippen LogP contribution in [0.3, 0.4) is 0 Å². The summed E-state index contributed by atoms with van der Waals surface area (Å²) in [6, 6.07) is 26.9. The second-order valence-electron chi connectivity index (χ2n) is 7.13. The largest absolute Gasteiger partial charge is 0.455 e. The van der Waals surface area contributed by atoms with Crippen LogP contribution >= 0.6 is 0 Å². The summed E-state index contributed by atoms with van der Waals surface area (Å²) in [5, 5.41) is 4.57. The normalized spacial score (nSPS) is 11.8. The van der Waals surface area contributed by atoms with E-state index in [9.17, 15) is 0 Å². The zero-order valence-corrected chi connectivity index (χ0v) is 15.3. The molecule has 0 spiro atoms. The molecule has 3 nitrogen and oxygen atoms in total. The molecule has 0 aliphatic rings. The zero-order valence-electron chi connectivity index (χ0n) is 15.3. The molecule has 0 fully saturated rings. The number of hydrogen-bond acceptors (Lipinski definition) is 3. The Hall–Kier alpha value is -3.72. The van der Waals surface area contributed by atoms with E-state index in [2.05, 4.69) is 48.5 Å². The summed E-state index contributed by atoms with van der Waals surface area (Å²) in [5.41, 5.74) is 6.31. The van der Waals surface area contributed by atoms with Crippen molar-refractivity contribution in [1.29, 1.82) is 0 Å². The molecule has 28 heavy (non-hydrogen) atoms. The Morgan fingerprint density at radius 1 is 0.679 bits per heavy atom. The summed E-state index contributed by atoms with van der Waals surface area (Å²) in [6.45, 7) is 2.01. The van der Waals surface area contributed by atoms with Crippen molar-refractivity contribution in [3.63, 3.8) is 0 Å². The molecule has 3 heteroatoms. The molecule has 132 valence electrons. The Balaban J connectivity index is 1.67. The standard InChI is InChI=1S/C25H16N2O/c1-15-24(27-22-14-17-8-3-2-7-16(17)13-21(22)26-15)20-11-6-10-19-18-9-4-5-12-23(18)28-25(19)20/h2-14H,1H3. The minimum atomic E-state index is 0.862. The number of rotatable bonds is 1. The van der Waals surface area contributed by atoms with Gasteiger partial charge < -0.3 is 4.42 Å². The third-order valence-electron chi connectivity index (χ3n) is 5.37. The second kappa shape index (κ2) is 5.64. The third kappa shape index (κ3) is 2.16. The molecular formula is C25H16N2O. The molecule has 2 heterocycles. The van der Waals surface area contributed by atoms with E-state index in [4.69, 9.17) is 14.4 Å². The fourth-order valence-corrected chi connectivity index (χ4v) is 4.02. The molecule has 0 unspecified atom stereocenters. The smallest absolute Gasteiger partial charge is 0.144 e. The quantitative estimate of drug-likeness (QED) is 0.308. The van der Waals surface area contributed by atoms with Gasteiger partial charge in [-0.2, -0.15) is 0 Å². The van der Waals surface area contributed by atoms with Crippen molar-refractivity contribution in [2.45, 2.75) is 6.92 Å². The third-order valence-corrected chi connectivity index (χ3v) is 5.37. The molecule has 2 aromatic heterocycles. The Labute approximate surface area is 161 Å². The topological polar surface area (TPSA) is 38.9 Å². The lowest BCUT2D eigenvalue weighted by Gasteiger charge is -2.08. The molecular weight excluding hydrogens is 344 g/mol. The van der Waals surface area contributed by atoms with Crippen molar-refractivity contribution in [3.8, 4) is 11.3 Å². The van der Waals surface area contributed by atoms with E-state index in [1.165, 1.54) is 10.8 Å². The first kappa shape index (κ1) is 15.3. The maximum Gasteiger partial charge on any atom is 0.144 e. The van der Waals surface area contributed by atoms with Crippen LogP contribution in [0.5, 0.6) is 0 Å². The van der Waals surface area contributed by atoms with Gasteiger partial charge in [0.25, 0.3) is 0 Å². The molecule has 0 N–H and O–H groups in total. The van der Waals surface area contributed by atoms with E-state index >= 15 is 0 Å². The van der Waals surface area contributed by atoms with Crippen molar-refractivity contribution in [2.24, 2.45) is 0 Å². The lowest BCUT2D eigenvalue weighted by Crippen LogP contribution is -1.95. The molecule has 0 bridgehead atoms. The van der Waals surface area contributed by atoms with Crippen LogP contribution in [0, 0.1) is 6.92 Å². The maximum atomic E-state index is 6.21. The Morgan fingerprint density at radius 2 is 1.36 bits per heavy atom. The minimum Gasteiger partial charge on any atom is -0.455 e. The molecule has 6 aromatic rings. The zero-order chi connectivity index (χ0) is 18.7. The van der Waals surface area contributed by atoms with Crippen molar-refractivity contribution >= 4 is 43.7 Å². The highest BCUT2D eigenvalue weighted by molar-refractivity contribution is 6.09. The highest BCUT2D eigenvalue weighted by Crippen LogP contribution is 2.36. The monoisotopic (exact) mass is 360 g/mol. The van der Waals surface area contributed by atoms with Gasteiger partial charge in [-0.05, 0) is 42.0 Å². The molecule has 0 amide bonds. The Morgan fingerprint density at radius 3 is 2.18 bits per heavy atom. The minimum absolute atomic E-state index is 0.862. The van der Waals surface area contributed by atoms with Crippen molar-refractivity contribution in [3.05, 3.63) is 84.6 Å². The highest BCUT2D eigenvalue weighted by atomic mass is 16.3. The van der Waals surface area contributed by atoms with Crippen molar-refractivity contribution in [1.82, 2.24) is 9.97 Å². The van der Waals surface area contributed by atoms with Crippen LogP contribution in [-0.2, 0) is 0 Å². The first-order valence-electron chi connectivity index (χ1n) is 9.36. The number of aryl methyl sites for hydroxylation is 1. The Bertz CT molecular complexity index is 1530. The lowest BCUT2D eigenvalue weighted by atomic mass is 10.0. The van der Waals surface area contributed by atoms with Gasteiger partial charge in [0, 0.05) is 16.3 Å². The number of benzene rings is 4. The number of para-hydroxylation sites is 2. The molecule has 0 saturated heterocycles. The summed E-state index contributed by atoms with van der Waals surface area (Å²) >= 11 is 0. The van der Waals surface area contributed by atoms with Crippen LogP contribution in [-0.4, -0.2) is 9.97 Å². The maximum absolute atomic E-state index is 6.21. The number of nitrogens with zero attached hydrogens (tertiary/aromatic N) is 2. The van der Waals surface area contributed by atoms with E-state index in [0.29, 0.717) is 0 Å². The lowest BCUT2D eigenvalue weighted by molar-refractivity contribution is 0.669. The van der Waals surface area contributed by atoms with Crippen LogP contribution in [0.2, 0.25) is 0 Å². The van der Waals surface area contributed by atoms with E-state index in [1.807, 2.05) is 37.3 Å². The predicted molar refractivity (Wildman–Crippen MR) is 114 cm³/mol. The van der Waals surface area contributed by atoms with Gasteiger partial charge in [-0.1, -0.05) is 54.6 Å². The van der Waals surface area contributed by atoms with Gasteiger partial charge in [-0.25, -0.2) is 9.97 Å². The predicted octanol–water partition coefficient (Wildman–Crippen LogP) is 6.66. The fourth-order valence-electron chi connectivity index (χ4n) is 4.02. The number of furan rings is 1. The molecule has 4 aromatic carbocycles. The average Bonchev–Trinajstić information content (AvgIpc) is 3.11. The molecule has 0 radical (unpaired) electrons. The van der Waals surface area contributed by atoms with Gasteiger partial charge in [0.1, 0.15) is 11.2 Å². The molecule has 0 saturated carbocycles. The van der Waals surface area contributed by atoms with Gasteiger partial charge in [-0.15, -0.1) is 0 Å².